The Morgan fingerprint density at radius 3 is 2.67 bits per heavy atom. The van der Waals surface area contributed by atoms with Crippen LogP contribution < -0.4 is 5.32 Å². The zero-order chi connectivity index (χ0) is 11.4. The van der Waals surface area contributed by atoms with E-state index < -0.39 is 0 Å². The molecule has 1 aliphatic heterocycles. The molecule has 0 spiro atoms. The first-order valence-corrected chi connectivity index (χ1v) is 5.58. The predicted molar refractivity (Wildman–Crippen MR) is 59.7 cm³/mol. The van der Waals surface area contributed by atoms with Gasteiger partial charge in [0.25, 0.3) is 0 Å². The Morgan fingerprint density at radius 2 is 2.20 bits per heavy atom. The molecule has 1 fully saturated rings. The maximum atomic E-state index is 11.1. The highest BCUT2D eigenvalue weighted by atomic mass is 16.5. The first-order chi connectivity index (χ1) is 7.00. The van der Waals surface area contributed by atoms with Gasteiger partial charge in [-0.15, -0.1) is 0 Å². The van der Waals surface area contributed by atoms with Gasteiger partial charge in [-0.2, -0.15) is 0 Å². The number of carbonyl (C=O) groups is 1. The van der Waals surface area contributed by atoms with Crippen molar-refractivity contribution in [2.45, 2.75) is 32.9 Å². The quantitative estimate of drug-likeness (QED) is 0.743. The molecule has 1 amide bonds. The van der Waals surface area contributed by atoms with Gasteiger partial charge in [-0.1, -0.05) is 13.8 Å². The van der Waals surface area contributed by atoms with Crippen molar-refractivity contribution in [3.8, 4) is 0 Å². The predicted octanol–water partition coefficient (Wildman–Crippen LogP) is 0.478. The minimum Gasteiger partial charge on any atom is -0.373 e. The molecule has 0 aliphatic carbocycles. The SMILES string of the molecule is CC(=O)N[C@H](C(C)C)[C@H]1CN(C)CCO1. The van der Waals surface area contributed by atoms with Crippen molar-refractivity contribution in [2.24, 2.45) is 5.92 Å². The highest BCUT2D eigenvalue weighted by molar-refractivity contribution is 5.73. The van der Waals surface area contributed by atoms with Gasteiger partial charge < -0.3 is 15.0 Å². The van der Waals surface area contributed by atoms with Gasteiger partial charge in [-0.25, -0.2) is 0 Å². The Labute approximate surface area is 92.0 Å². The first-order valence-electron chi connectivity index (χ1n) is 5.58. The second kappa shape index (κ2) is 5.47. The summed E-state index contributed by atoms with van der Waals surface area (Å²) < 4.78 is 5.72. The van der Waals surface area contributed by atoms with E-state index in [1.807, 2.05) is 0 Å². The van der Waals surface area contributed by atoms with Crippen molar-refractivity contribution in [3.63, 3.8) is 0 Å². The van der Waals surface area contributed by atoms with Crippen LogP contribution in [0.3, 0.4) is 0 Å². The number of amides is 1. The fourth-order valence-corrected chi connectivity index (χ4v) is 1.95. The lowest BCUT2D eigenvalue weighted by molar-refractivity contribution is -0.122. The van der Waals surface area contributed by atoms with Crippen LogP contribution in [0, 0.1) is 5.92 Å². The van der Waals surface area contributed by atoms with Crippen molar-refractivity contribution in [2.75, 3.05) is 26.7 Å². The van der Waals surface area contributed by atoms with E-state index in [0.29, 0.717) is 5.92 Å². The van der Waals surface area contributed by atoms with Crippen LogP contribution in [0.5, 0.6) is 0 Å². The molecule has 4 heteroatoms. The van der Waals surface area contributed by atoms with Crippen LogP contribution in [0.4, 0.5) is 0 Å². The van der Waals surface area contributed by atoms with Gasteiger partial charge >= 0.3 is 0 Å². The Morgan fingerprint density at radius 1 is 1.53 bits per heavy atom. The highest BCUT2D eigenvalue weighted by Gasteiger charge is 2.29. The second-order valence-electron chi connectivity index (χ2n) is 4.64. The Hall–Kier alpha value is -0.610. The Balaban J connectivity index is 2.57. The zero-order valence-corrected chi connectivity index (χ0v) is 10.1. The van der Waals surface area contributed by atoms with Crippen molar-refractivity contribution >= 4 is 5.91 Å². The molecule has 0 bridgehead atoms. The second-order valence-corrected chi connectivity index (χ2v) is 4.64. The van der Waals surface area contributed by atoms with Crippen LogP contribution in [0.15, 0.2) is 0 Å². The third-order valence-corrected chi connectivity index (χ3v) is 2.79. The maximum Gasteiger partial charge on any atom is 0.217 e. The standard InChI is InChI=1S/C11H22N2O2/c1-8(2)11(12-9(3)14)10-7-13(4)5-6-15-10/h8,10-11H,5-7H2,1-4H3,(H,12,14)/t10-,11-/m1/s1. The summed E-state index contributed by atoms with van der Waals surface area (Å²) in [5.41, 5.74) is 0. The van der Waals surface area contributed by atoms with E-state index in [-0.39, 0.29) is 18.1 Å². The molecular formula is C11H22N2O2. The maximum absolute atomic E-state index is 11.1. The number of hydrogen-bond acceptors (Lipinski definition) is 3. The molecule has 2 atom stereocenters. The summed E-state index contributed by atoms with van der Waals surface area (Å²) in [5.74, 6) is 0.413. The van der Waals surface area contributed by atoms with Crippen molar-refractivity contribution < 1.29 is 9.53 Å². The Kier molecular flexibility index (Phi) is 4.54. The molecule has 1 aliphatic rings. The number of carbonyl (C=O) groups excluding carboxylic acids is 1. The smallest absolute Gasteiger partial charge is 0.217 e. The van der Waals surface area contributed by atoms with Gasteiger partial charge in [0.15, 0.2) is 0 Å². The fraction of sp³-hybridized carbons (Fsp3) is 0.909. The number of nitrogens with zero attached hydrogens (tertiary/aromatic N) is 1. The molecule has 0 aromatic rings. The summed E-state index contributed by atoms with van der Waals surface area (Å²) in [4.78, 5) is 13.3. The van der Waals surface area contributed by atoms with Crippen LogP contribution in [0.25, 0.3) is 0 Å². The molecule has 1 heterocycles. The number of nitrogens with one attached hydrogen (secondary N) is 1. The molecule has 4 nitrogen and oxygen atoms in total. The molecule has 1 N–H and O–H groups in total. The highest BCUT2D eigenvalue weighted by Crippen LogP contribution is 2.14. The summed E-state index contributed by atoms with van der Waals surface area (Å²) in [6, 6.07) is 0.116. The molecule has 0 aromatic carbocycles. The van der Waals surface area contributed by atoms with Gasteiger partial charge in [-0.3, -0.25) is 4.79 Å². The van der Waals surface area contributed by atoms with Gasteiger partial charge in [-0.05, 0) is 13.0 Å². The number of rotatable bonds is 3. The topological polar surface area (TPSA) is 41.6 Å². The van der Waals surface area contributed by atoms with Gasteiger partial charge in [0.05, 0.1) is 18.8 Å². The lowest BCUT2D eigenvalue weighted by atomic mass is 9.97. The van der Waals surface area contributed by atoms with E-state index in [0.717, 1.165) is 19.7 Å². The number of likely N-dealkylation sites (N-methyl/N-ethyl adjacent to an activating group) is 1. The van der Waals surface area contributed by atoms with E-state index in [4.69, 9.17) is 4.74 Å². The molecule has 0 aromatic heterocycles. The number of morpholine rings is 1. The molecule has 1 saturated heterocycles. The van der Waals surface area contributed by atoms with Crippen molar-refractivity contribution in [1.82, 2.24) is 10.2 Å². The zero-order valence-electron chi connectivity index (χ0n) is 10.1. The minimum absolute atomic E-state index is 0.0190. The summed E-state index contributed by atoms with van der Waals surface area (Å²) >= 11 is 0. The van der Waals surface area contributed by atoms with Crippen LogP contribution in [-0.2, 0) is 9.53 Å². The largest absolute Gasteiger partial charge is 0.373 e. The van der Waals surface area contributed by atoms with E-state index in [2.05, 4.69) is 31.1 Å². The molecule has 0 saturated carbocycles. The summed E-state index contributed by atoms with van der Waals surface area (Å²) in [5, 5.41) is 2.98. The van der Waals surface area contributed by atoms with Crippen LogP contribution in [-0.4, -0.2) is 49.7 Å². The molecular weight excluding hydrogens is 192 g/mol. The normalized spacial score (nSPS) is 25.3. The fourth-order valence-electron chi connectivity index (χ4n) is 1.95. The van der Waals surface area contributed by atoms with Gasteiger partial charge in [0.2, 0.25) is 5.91 Å². The molecule has 0 radical (unpaired) electrons. The minimum atomic E-state index is 0.0190. The average Bonchev–Trinajstić information content (AvgIpc) is 2.13. The molecule has 15 heavy (non-hydrogen) atoms. The lowest BCUT2D eigenvalue weighted by Crippen LogP contribution is -2.54. The monoisotopic (exact) mass is 214 g/mol. The van der Waals surface area contributed by atoms with Crippen molar-refractivity contribution in [3.05, 3.63) is 0 Å². The number of ether oxygens (including phenoxy) is 1. The third-order valence-electron chi connectivity index (χ3n) is 2.79. The van der Waals surface area contributed by atoms with Gasteiger partial charge in [0.1, 0.15) is 0 Å². The molecule has 1 rings (SSSR count). The van der Waals surface area contributed by atoms with E-state index in [1.165, 1.54) is 0 Å². The van der Waals surface area contributed by atoms with Crippen LogP contribution >= 0.6 is 0 Å². The first kappa shape index (κ1) is 12.5. The summed E-state index contributed by atoms with van der Waals surface area (Å²) in [6.07, 6.45) is 0.118. The van der Waals surface area contributed by atoms with Gasteiger partial charge in [0, 0.05) is 20.0 Å². The van der Waals surface area contributed by atoms with E-state index >= 15 is 0 Å². The Bertz CT molecular complexity index is 219. The summed E-state index contributed by atoms with van der Waals surface area (Å²) in [7, 11) is 2.08. The summed E-state index contributed by atoms with van der Waals surface area (Å²) in [6.45, 7) is 8.40. The van der Waals surface area contributed by atoms with Crippen molar-refractivity contribution in [1.29, 1.82) is 0 Å². The third kappa shape index (κ3) is 3.80. The van der Waals surface area contributed by atoms with Crippen LogP contribution in [0.1, 0.15) is 20.8 Å². The van der Waals surface area contributed by atoms with E-state index in [9.17, 15) is 4.79 Å². The molecule has 88 valence electrons. The lowest BCUT2D eigenvalue weighted by Gasteiger charge is -2.37. The average molecular weight is 214 g/mol. The van der Waals surface area contributed by atoms with E-state index in [1.54, 1.807) is 6.92 Å². The molecule has 0 unspecified atom stereocenters. The van der Waals surface area contributed by atoms with Crippen LogP contribution in [0.2, 0.25) is 0 Å². The number of hydrogen-bond donors (Lipinski definition) is 1.